The van der Waals surface area contributed by atoms with Gasteiger partial charge in [-0.2, -0.15) is 0 Å². The molecule has 6 heteroatoms. The molecule has 0 saturated carbocycles. The molecule has 1 aliphatic rings. The fourth-order valence-corrected chi connectivity index (χ4v) is 3.17. The summed E-state index contributed by atoms with van der Waals surface area (Å²) in [5.74, 6) is -0.835. The maximum absolute atomic E-state index is 14.6. The number of hydrogen-bond donors (Lipinski definition) is 0. The van der Waals surface area contributed by atoms with E-state index in [1.807, 2.05) is 4.90 Å². The summed E-state index contributed by atoms with van der Waals surface area (Å²) in [6.07, 6.45) is 0.613. The molecule has 2 aromatic carbocycles. The van der Waals surface area contributed by atoms with Crippen LogP contribution in [0.2, 0.25) is 0 Å². The second-order valence-corrected chi connectivity index (χ2v) is 5.84. The van der Waals surface area contributed by atoms with Crippen molar-refractivity contribution in [3.63, 3.8) is 0 Å². The lowest BCUT2D eigenvalue weighted by Crippen LogP contribution is -2.31. The maximum Gasteiger partial charge on any atom is 0.278 e. The zero-order chi connectivity index (χ0) is 16.7. The zero-order valence-corrected chi connectivity index (χ0v) is 12.9. The number of aryl methyl sites for hydroxylation is 1. The number of fused-ring (bicyclic) bond motifs is 1. The number of nitrogens with zero attached hydrogens (tertiary/aromatic N) is 2. The lowest BCUT2D eigenvalue weighted by molar-refractivity contribution is -0.386. The van der Waals surface area contributed by atoms with E-state index in [-0.39, 0.29) is 17.1 Å². The van der Waals surface area contributed by atoms with Gasteiger partial charge in [-0.3, -0.25) is 10.1 Å². The molecule has 4 nitrogen and oxygen atoms in total. The summed E-state index contributed by atoms with van der Waals surface area (Å²) in [5, 5.41) is 11.1. The van der Waals surface area contributed by atoms with Gasteiger partial charge in [-0.15, -0.1) is 0 Å². The van der Waals surface area contributed by atoms with Gasteiger partial charge >= 0.3 is 0 Å². The van der Waals surface area contributed by atoms with Crippen LogP contribution in [0.15, 0.2) is 24.3 Å². The highest BCUT2D eigenvalue weighted by molar-refractivity contribution is 5.61. The molecule has 0 saturated heterocycles. The minimum atomic E-state index is -0.562. The van der Waals surface area contributed by atoms with Crippen LogP contribution in [-0.4, -0.2) is 11.5 Å². The number of anilines is 1. The highest BCUT2D eigenvalue weighted by atomic mass is 19.1. The molecule has 120 valence electrons. The van der Waals surface area contributed by atoms with E-state index in [9.17, 15) is 18.9 Å². The van der Waals surface area contributed by atoms with Crippen molar-refractivity contribution in [2.45, 2.75) is 26.8 Å². The van der Waals surface area contributed by atoms with E-state index in [0.29, 0.717) is 30.8 Å². The van der Waals surface area contributed by atoms with E-state index in [4.69, 9.17) is 0 Å². The Morgan fingerprint density at radius 3 is 2.61 bits per heavy atom. The Kier molecular flexibility index (Phi) is 3.75. The van der Waals surface area contributed by atoms with Crippen molar-refractivity contribution < 1.29 is 13.7 Å². The summed E-state index contributed by atoms with van der Waals surface area (Å²) in [4.78, 5) is 12.4. The van der Waals surface area contributed by atoms with E-state index in [1.54, 1.807) is 13.0 Å². The van der Waals surface area contributed by atoms with E-state index < -0.39 is 10.7 Å². The van der Waals surface area contributed by atoms with Gasteiger partial charge in [0.15, 0.2) is 5.82 Å². The molecule has 0 aromatic heterocycles. The highest BCUT2D eigenvalue weighted by Gasteiger charge is 2.26. The Hall–Kier alpha value is -2.50. The molecule has 2 aromatic rings. The Labute approximate surface area is 132 Å². The molecule has 0 N–H and O–H groups in total. The summed E-state index contributed by atoms with van der Waals surface area (Å²) >= 11 is 0. The molecule has 1 aliphatic heterocycles. The molecule has 0 fully saturated rings. The first-order valence-electron chi connectivity index (χ1n) is 7.35. The predicted molar refractivity (Wildman–Crippen MR) is 83.7 cm³/mol. The van der Waals surface area contributed by atoms with Crippen LogP contribution in [-0.2, 0) is 13.0 Å². The molecule has 0 radical (unpaired) electrons. The molecule has 0 spiro atoms. The SMILES string of the molecule is Cc1cc(N2CCc3cc(F)ccc3C2)c(F)c(C)c1[N+](=O)[O-]. The van der Waals surface area contributed by atoms with E-state index in [2.05, 4.69) is 0 Å². The van der Waals surface area contributed by atoms with Crippen molar-refractivity contribution in [3.05, 3.63) is 68.3 Å². The van der Waals surface area contributed by atoms with Crippen molar-refractivity contribution in [3.8, 4) is 0 Å². The van der Waals surface area contributed by atoms with Gasteiger partial charge in [-0.25, -0.2) is 8.78 Å². The lowest BCUT2D eigenvalue weighted by Gasteiger charge is -2.31. The van der Waals surface area contributed by atoms with Gasteiger partial charge in [0, 0.05) is 18.7 Å². The largest absolute Gasteiger partial charge is 0.364 e. The maximum atomic E-state index is 14.6. The zero-order valence-electron chi connectivity index (χ0n) is 12.9. The average molecular weight is 318 g/mol. The monoisotopic (exact) mass is 318 g/mol. The first-order valence-corrected chi connectivity index (χ1v) is 7.35. The topological polar surface area (TPSA) is 46.4 Å². The summed E-state index contributed by atoms with van der Waals surface area (Å²) in [5.41, 5.74) is 2.55. The van der Waals surface area contributed by atoms with E-state index >= 15 is 0 Å². The van der Waals surface area contributed by atoms with E-state index in [0.717, 1.165) is 11.1 Å². The minimum absolute atomic E-state index is 0.0508. The number of hydrogen-bond acceptors (Lipinski definition) is 3. The van der Waals surface area contributed by atoms with Crippen LogP contribution in [0, 0.1) is 35.6 Å². The third kappa shape index (κ3) is 2.65. The second-order valence-electron chi connectivity index (χ2n) is 5.84. The van der Waals surface area contributed by atoms with Crippen LogP contribution in [0.3, 0.4) is 0 Å². The van der Waals surface area contributed by atoms with Gasteiger partial charge in [0.05, 0.1) is 16.2 Å². The van der Waals surface area contributed by atoms with Gasteiger partial charge < -0.3 is 4.90 Å². The molecule has 0 aliphatic carbocycles. The smallest absolute Gasteiger partial charge is 0.278 e. The fraction of sp³-hybridized carbons (Fsp3) is 0.294. The average Bonchev–Trinajstić information content (AvgIpc) is 2.50. The summed E-state index contributed by atoms with van der Waals surface area (Å²) in [6, 6.07) is 6.13. The molecule has 0 unspecified atom stereocenters. The van der Waals surface area contributed by atoms with Crippen LogP contribution in [0.5, 0.6) is 0 Å². The fourth-order valence-electron chi connectivity index (χ4n) is 3.17. The normalized spacial score (nSPS) is 13.8. The van der Waals surface area contributed by atoms with Crippen LogP contribution in [0.4, 0.5) is 20.2 Å². The minimum Gasteiger partial charge on any atom is -0.364 e. The highest BCUT2D eigenvalue weighted by Crippen LogP contribution is 2.34. The number of rotatable bonds is 2. The van der Waals surface area contributed by atoms with Gasteiger partial charge in [-0.05, 0) is 49.6 Å². The van der Waals surface area contributed by atoms with Crippen molar-refractivity contribution in [1.82, 2.24) is 0 Å². The van der Waals surface area contributed by atoms with Crippen molar-refractivity contribution in [2.24, 2.45) is 0 Å². The third-order valence-electron chi connectivity index (χ3n) is 4.34. The molecule has 1 heterocycles. The van der Waals surface area contributed by atoms with Gasteiger partial charge in [0.1, 0.15) is 5.82 Å². The van der Waals surface area contributed by atoms with E-state index in [1.165, 1.54) is 25.1 Å². The molecular weight excluding hydrogens is 302 g/mol. The van der Waals surface area contributed by atoms with Crippen LogP contribution in [0.25, 0.3) is 0 Å². The Balaban J connectivity index is 2.00. The third-order valence-corrected chi connectivity index (χ3v) is 4.34. The molecule has 0 amide bonds. The van der Waals surface area contributed by atoms with Crippen molar-refractivity contribution >= 4 is 11.4 Å². The van der Waals surface area contributed by atoms with Crippen LogP contribution >= 0.6 is 0 Å². The van der Waals surface area contributed by atoms with Gasteiger partial charge in [0.2, 0.25) is 0 Å². The lowest BCUT2D eigenvalue weighted by atomic mass is 9.98. The Morgan fingerprint density at radius 1 is 1.17 bits per heavy atom. The first kappa shape index (κ1) is 15.4. The molecule has 23 heavy (non-hydrogen) atoms. The van der Waals surface area contributed by atoms with Gasteiger partial charge in [0.25, 0.3) is 5.69 Å². The first-order chi connectivity index (χ1) is 10.9. The molecule has 0 atom stereocenters. The van der Waals surface area contributed by atoms with Crippen LogP contribution in [0.1, 0.15) is 22.3 Å². The van der Waals surface area contributed by atoms with Crippen molar-refractivity contribution in [1.29, 1.82) is 0 Å². The summed E-state index contributed by atoms with van der Waals surface area (Å²) in [6.45, 7) is 4.05. The summed E-state index contributed by atoms with van der Waals surface area (Å²) in [7, 11) is 0. The predicted octanol–water partition coefficient (Wildman–Crippen LogP) is 4.05. The summed E-state index contributed by atoms with van der Waals surface area (Å²) < 4.78 is 27.9. The Morgan fingerprint density at radius 2 is 1.91 bits per heavy atom. The standard InChI is InChI=1S/C17H16F2N2O2/c1-10-7-15(16(19)11(2)17(10)21(22)23)20-6-5-12-8-14(18)4-3-13(12)9-20/h3-4,7-8H,5-6,9H2,1-2H3. The molecular formula is C17H16F2N2O2. The second kappa shape index (κ2) is 5.61. The molecule has 3 rings (SSSR count). The Bertz CT molecular complexity index is 806. The molecule has 0 bridgehead atoms. The number of nitro benzene ring substituents is 1. The number of nitro groups is 1. The number of benzene rings is 2. The van der Waals surface area contributed by atoms with Crippen LogP contribution < -0.4 is 4.90 Å². The quantitative estimate of drug-likeness (QED) is 0.620. The van der Waals surface area contributed by atoms with Gasteiger partial charge in [-0.1, -0.05) is 6.07 Å². The van der Waals surface area contributed by atoms with Crippen molar-refractivity contribution in [2.75, 3.05) is 11.4 Å². The number of halogens is 2.